The van der Waals surface area contributed by atoms with Crippen molar-refractivity contribution in [3.05, 3.63) is 29.8 Å². The molecule has 0 spiro atoms. The Labute approximate surface area is 101 Å². The summed E-state index contributed by atoms with van der Waals surface area (Å²) in [6, 6.07) is 6.64. The molecule has 17 heavy (non-hydrogen) atoms. The molecule has 5 nitrogen and oxygen atoms in total. The fourth-order valence-electron chi connectivity index (χ4n) is 1.28. The lowest BCUT2D eigenvalue weighted by Gasteiger charge is -2.08. The largest absolute Gasteiger partial charge is 0.392 e. The third-order valence-electron chi connectivity index (χ3n) is 2.08. The molecule has 6 heteroatoms. The van der Waals surface area contributed by atoms with E-state index in [1.807, 2.05) is 6.92 Å². The number of rotatable bonds is 7. The smallest absolute Gasteiger partial charge is 0.234 e. The lowest BCUT2D eigenvalue weighted by molar-refractivity contribution is 0.163. The summed E-state index contributed by atoms with van der Waals surface area (Å²) in [5.41, 5.74) is 1.11. The second-order valence-electron chi connectivity index (χ2n) is 3.48. The Kier molecular flexibility index (Phi) is 5.40. The van der Waals surface area contributed by atoms with Gasteiger partial charge < -0.3 is 9.84 Å². The van der Waals surface area contributed by atoms with Crippen molar-refractivity contribution < 1.29 is 18.3 Å². The molecule has 0 amide bonds. The SMILES string of the molecule is CCOCCS(=O)(=O)Nc1cccc(CO)c1. The monoisotopic (exact) mass is 259 g/mol. The number of sulfonamides is 1. The van der Waals surface area contributed by atoms with Gasteiger partial charge in [-0.25, -0.2) is 8.42 Å². The molecule has 2 N–H and O–H groups in total. The zero-order chi connectivity index (χ0) is 12.7. The van der Waals surface area contributed by atoms with E-state index in [1.165, 1.54) is 0 Å². The molecular weight excluding hydrogens is 242 g/mol. The van der Waals surface area contributed by atoms with Crippen molar-refractivity contribution in [1.29, 1.82) is 0 Å². The summed E-state index contributed by atoms with van der Waals surface area (Å²) in [6.45, 7) is 2.36. The quantitative estimate of drug-likeness (QED) is 0.715. The van der Waals surface area contributed by atoms with Crippen molar-refractivity contribution in [2.75, 3.05) is 23.7 Å². The molecule has 0 saturated carbocycles. The summed E-state index contributed by atoms with van der Waals surface area (Å²) in [6.07, 6.45) is 0. The lowest BCUT2D eigenvalue weighted by atomic mass is 10.2. The molecule has 1 rings (SSSR count). The fourth-order valence-corrected chi connectivity index (χ4v) is 2.20. The molecule has 1 aromatic rings. The fraction of sp³-hybridized carbons (Fsp3) is 0.455. The van der Waals surface area contributed by atoms with Crippen LogP contribution in [0.25, 0.3) is 0 Å². The van der Waals surface area contributed by atoms with Crippen molar-refractivity contribution in [2.45, 2.75) is 13.5 Å². The van der Waals surface area contributed by atoms with Crippen LogP contribution in [0.3, 0.4) is 0 Å². The van der Waals surface area contributed by atoms with Gasteiger partial charge in [0, 0.05) is 12.3 Å². The number of hydrogen-bond acceptors (Lipinski definition) is 4. The van der Waals surface area contributed by atoms with Crippen molar-refractivity contribution in [2.24, 2.45) is 0 Å². The van der Waals surface area contributed by atoms with Crippen molar-refractivity contribution in [3.8, 4) is 0 Å². The highest BCUT2D eigenvalue weighted by molar-refractivity contribution is 7.92. The average molecular weight is 259 g/mol. The molecule has 0 saturated heterocycles. The number of hydrogen-bond donors (Lipinski definition) is 2. The summed E-state index contributed by atoms with van der Waals surface area (Å²) in [7, 11) is -3.39. The van der Waals surface area contributed by atoms with Gasteiger partial charge in [-0.05, 0) is 24.6 Å². The highest BCUT2D eigenvalue weighted by atomic mass is 32.2. The van der Waals surface area contributed by atoms with E-state index in [4.69, 9.17) is 9.84 Å². The first-order valence-corrected chi connectivity index (χ1v) is 7.00. The molecule has 0 aliphatic carbocycles. The van der Waals surface area contributed by atoms with E-state index in [9.17, 15) is 8.42 Å². The van der Waals surface area contributed by atoms with Gasteiger partial charge in [0.25, 0.3) is 0 Å². The van der Waals surface area contributed by atoms with Gasteiger partial charge in [-0.1, -0.05) is 12.1 Å². The predicted octanol–water partition coefficient (Wildman–Crippen LogP) is 0.957. The summed E-state index contributed by atoms with van der Waals surface area (Å²) in [5.74, 6) is -0.0792. The highest BCUT2D eigenvalue weighted by Crippen LogP contribution is 2.12. The molecule has 0 aliphatic heterocycles. The van der Waals surface area contributed by atoms with Crippen LogP contribution in [0, 0.1) is 0 Å². The van der Waals surface area contributed by atoms with Gasteiger partial charge in [-0.15, -0.1) is 0 Å². The third-order valence-corrected chi connectivity index (χ3v) is 3.33. The van der Waals surface area contributed by atoms with E-state index in [1.54, 1.807) is 24.3 Å². The molecule has 1 aromatic carbocycles. The van der Waals surface area contributed by atoms with E-state index < -0.39 is 10.0 Å². The Morgan fingerprint density at radius 1 is 1.41 bits per heavy atom. The number of aliphatic hydroxyl groups is 1. The maximum absolute atomic E-state index is 11.6. The zero-order valence-corrected chi connectivity index (χ0v) is 10.5. The number of nitrogens with one attached hydrogen (secondary N) is 1. The van der Waals surface area contributed by atoms with Crippen LogP contribution >= 0.6 is 0 Å². The number of anilines is 1. The maximum atomic E-state index is 11.6. The van der Waals surface area contributed by atoms with Crippen LogP contribution in [0.5, 0.6) is 0 Å². The van der Waals surface area contributed by atoms with Crippen molar-refractivity contribution in [1.82, 2.24) is 0 Å². The van der Waals surface area contributed by atoms with Crippen LogP contribution < -0.4 is 4.72 Å². The van der Waals surface area contributed by atoms with Crippen LogP contribution in [0.4, 0.5) is 5.69 Å². The molecule has 0 radical (unpaired) electrons. The number of benzene rings is 1. The van der Waals surface area contributed by atoms with Crippen LogP contribution in [0.15, 0.2) is 24.3 Å². The molecule has 96 valence electrons. The molecular formula is C11H17NO4S. The van der Waals surface area contributed by atoms with Crippen LogP contribution in [0.1, 0.15) is 12.5 Å². The minimum atomic E-state index is -3.39. The Morgan fingerprint density at radius 2 is 2.18 bits per heavy atom. The number of aliphatic hydroxyl groups excluding tert-OH is 1. The second-order valence-corrected chi connectivity index (χ2v) is 5.32. The van der Waals surface area contributed by atoms with Crippen molar-refractivity contribution in [3.63, 3.8) is 0 Å². The lowest BCUT2D eigenvalue weighted by Crippen LogP contribution is -2.20. The molecule has 0 aliphatic rings. The van der Waals surface area contributed by atoms with Crippen LogP contribution in [0.2, 0.25) is 0 Å². The van der Waals surface area contributed by atoms with Crippen LogP contribution in [-0.4, -0.2) is 32.5 Å². The first-order chi connectivity index (χ1) is 8.07. The molecule has 0 heterocycles. The highest BCUT2D eigenvalue weighted by Gasteiger charge is 2.10. The molecule has 0 fully saturated rings. The first kappa shape index (κ1) is 14.0. The second kappa shape index (κ2) is 6.58. The molecule has 0 unspecified atom stereocenters. The van der Waals surface area contributed by atoms with E-state index in [2.05, 4.69) is 4.72 Å². The van der Waals surface area contributed by atoms with E-state index in [0.717, 1.165) is 0 Å². The zero-order valence-electron chi connectivity index (χ0n) is 9.72. The van der Waals surface area contributed by atoms with E-state index >= 15 is 0 Å². The summed E-state index contributed by atoms with van der Waals surface area (Å²) >= 11 is 0. The Hall–Kier alpha value is -1.11. The Balaban J connectivity index is 2.62. The minimum Gasteiger partial charge on any atom is -0.392 e. The summed E-state index contributed by atoms with van der Waals surface area (Å²) < 4.78 is 30.7. The average Bonchev–Trinajstić information content (AvgIpc) is 2.29. The van der Waals surface area contributed by atoms with Gasteiger partial charge in [0.15, 0.2) is 0 Å². The van der Waals surface area contributed by atoms with Crippen LogP contribution in [-0.2, 0) is 21.4 Å². The van der Waals surface area contributed by atoms with Crippen molar-refractivity contribution >= 4 is 15.7 Å². The Bertz CT molecular complexity index is 445. The van der Waals surface area contributed by atoms with Gasteiger partial charge in [0.05, 0.1) is 19.0 Å². The molecule has 0 atom stereocenters. The van der Waals surface area contributed by atoms with Gasteiger partial charge in [-0.3, -0.25) is 4.72 Å². The maximum Gasteiger partial charge on any atom is 0.234 e. The molecule has 0 bridgehead atoms. The summed E-state index contributed by atoms with van der Waals surface area (Å²) in [4.78, 5) is 0. The van der Waals surface area contributed by atoms with Gasteiger partial charge >= 0.3 is 0 Å². The van der Waals surface area contributed by atoms with Gasteiger partial charge in [0.1, 0.15) is 0 Å². The minimum absolute atomic E-state index is 0.0792. The first-order valence-electron chi connectivity index (χ1n) is 5.35. The Morgan fingerprint density at radius 3 is 2.82 bits per heavy atom. The summed E-state index contributed by atoms with van der Waals surface area (Å²) in [5, 5.41) is 8.94. The van der Waals surface area contributed by atoms with Gasteiger partial charge in [-0.2, -0.15) is 0 Å². The standard InChI is InChI=1S/C11H17NO4S/c1-2-16-6-7-17(14,15)12-11-5-3-4-10(8-11)9-13/h3-5,8,12-13H,2,6-7,9H2,1H3. The number of ether oxygens (including phenoxy) is 1. The molecule has 0 aromatic heterocycles. The predicted molar refractivity (Wildman–Crippen MR) is 66.3 cm³/mol. The van der Waals surface area contributed by atoms with E-state index in [0.29, 0.717) is 17.9 Å². The van der Waals surface area contributed by atoms with Gasteiger partial charge in [0.2, 0.25) is 10.0 Å². The normalized spacial score (nSPS) is 11.4. The van der Waals surface area contributed by atoms with E-state index in [-0.39, 0.29) is 19.0 Å². The topological polar surface area (TPSA) is 75.6 Å². The third kappa shape index (κ3) is 5.16.